The number of hydrogen-bond acceptors (Lipinski definition) is 4. The average molecular weight is 237 g/mol. The molecule has 1 heterocycles. The molecule has 0 N–H and O–H groups in total. The third-order valence-electron chi connectivity index (χ3n) is 2.23. The topological polar surface area (TPSA) is 78.0 Å². The Bertz CT molecular complexity index is 449. The normalized spacial score (nSPS) is 10.9. The van der Waals surface area contributed by atoms with Crippen LogP contribution >= 0.6 is 0 Å². The van der Waals surface area contributed by atoms with Crippen molar-refractivity contribution in [1.29, 1.82) is 0 Å². The molecule has 1 aromatic heterocycles. The molecule has 0 radical (unpaired) electrons. The minimum atomic E-state index is -0.597. The molecule has 17 heavy (non-hydrogen) atoms. The average Bonchev–Trinajstić information content (AvgIpc) is 2.66. The summed E-state index contributed by atoms with van der Waals surface area (Å²) in [4.78, 5) is 21.8. The number of allylic oxidation sites excluding steroid dienone is 2. The molecule has 0 spiro atoms. The number of rotatable bonds is 6. The molecule has 1 aromatic rings. The van der Waals surface area contributed by atoms with Crippen LogP contribution in [-0.4, -0.2) is 20.5 Å². The van der Waals surface area contributed by atoms with Gasteiger partial charge in [0, 0.05) is 7.05 Å². The number of nitro groups is 1. The first-order chi connectivity index (χ1) is 8.06. The van der Waals surface area contributed by atoms with E-state index in [9.17, 15) is 14.9 Å². The van der Waals surface area contributed by atoms with Crippen LogP contribution in [0.15, 0.2) is 18.3 Å². The van der Waals surface area contributed by atoms with E-state index in [2.05, 4.69) is 12.0 Å². The monoisotopic (exact) mass is 237 g/mol. The predicted octanol–water partition coefficient (Wildman–Crippen LogP) is 2.26. The number of carbonyl (C=O) groups is 1. The van der Waals surface area contributed by atoms with E-state index in [1.54, 1.807) is 13.1 Å². The van der Waals surface area contributed by atoms with Gasteiger partial charge in [0.15, 0.2) is 0 Å². The molecule has 0 aliphatic heterocycles. The van der Waals surface area contributed by atoms with E-state index in [1.165, 1.54) is 17.0 Å². The van der Waals surface area contributed by atoms with Crippen molar-refractivity contribution >= 4 is 11.5 Å². The summed E-state index contributed by atoms with van der Waals surface area (Å²) < 4.78 is 1.27. The molecule has 0 amide bonds. The lowest BCUT2D eigenvalue weighted by atomic mass is 10.2. The second-order valence-corrected chi connectivity index (χ2v) is 3.70. The van der Waals surface area contributed by atoms with Gasteiger partial charge in [-0.2, -0.15) is 5.10 Å². The van der Waals surface area contributed by atoms with E-state index in [1.807, 2.05) is 0 Å². The Labute approximate surface area is 99.1 Å². The molecule has 0 aliphatic carbocycles. The number of aryl methyl sites for hydroxylation is 1. The Morgan fingerprint density at radius 3 is 2.94 bits per heavy atom. The summed E-state index contributed by atoms with van der Waals surface area (Å²) in [6.07, 6.45) is 7.14. The molecule has 6 nitrogen and oxygen atoms in total. The lowest BCUT2D eigenvalue weighted by molar-refractivity contribution is -0.385. The molecule has 0 aliphatic rings. The highest BCUT2D eigenvalue weighted by Crippen LogP contribution is 2.16. The van der Waals surface area contributed by atoms with Crippen molar-refractivity contribution in [3.8, 4) is 0 Å². The lowest BCUT2D eigenvalue weighted by Gasteiger charge is -1.90. The van der Waals surface area contributed by atoms with Crippen molar-refractivity contribution in [2.75, 3.05) is 0 Å². The van der Waals surface area contributed by atoms with Crippen LogP contribution < -0.4 is 0 Å². The SMILES string of the molecule is CCCC/C=C/C(=O)c1nn(C)cc1[N+](=O)[O-]. The molecule has 0 fully saturated rings. The van der Waals surface area contributed by atoms with Gasteiger partial charge in [-0.05, 0) is 12.5 Å². The Kier molecular flexibility index (Phi) is 4.56. The molecule has 0 bridgehead atoms. The number of carbonyl (C=O) groups excluding carboxylic acids is 1. The summed E-state index contributed by atoms with van der Waals surface area (Å²) >= 11 is 0. The first-order valence-electron chi connectivity index (χ1n) is 5.45. The number of ketones is 1. The van der Waals surface area contributed by atoms with Gasteiger partial charge >= 0.3 is 5.69 Å². The molecular formula is C11H15N3O3. The van der Waals surface area contributed by atoms with Crippen LogP contribution in [0.1, 0.15) is 36.7 Å². The molecule has 0 saturated carbocycles. The molecule has 6 heteroatoms. The van der Waals surface area contributed by atoms with Crippen molar-refractivity contribution < 1.29 is 9.72 Å². The maximum Gasteiger partial charge on any atom is 0.318 e. The van der Waals surface area contributed by atoms with Crippen molar-refractivity contribution in [1.82, 2.24) is 9.78 Å². The van der Waals surface area contributed by atoms with Gasteiger partial charge in [0.1, 0.15) is 6.20 Å². The van der Waals surface area contributed by atoms with Gasteiger partial charge in [0.2, 0.25) is 11.5 Å². The second-order valence-electron chi connectivity index (χ2n) is 3.70. The van der Waals surface area contributed by atoms with Gasteiger partial charge < -0.3 is 0 Å². The van der Waals surface area contributed by atoms with Crippen LogP contribution in [0.3, 0.4) is 0 Å². The molecule has 0 aromatic carbocycles. The zero-order valence-electron chi connectivity index (χ0n) is 9.92. The van der Waals surface area contributed by atoms with Crippen LogP contribution in [0.25, 0.3) is 0 Å². The highest BCUT2D eigenvalue weighted by Gasteiger charge is 2.22. The number of unbranched alkanes of at least 4 members (excludes halogenated alkanes) is 2. The van der Waals surface area contributed by atoms with Crippen molar-refractivity contribution in [2.45, 2.75) is 26.2 Å². The fourth-order valence-electron chi connectivity index (χ4n) is 1.38. The third kappa shape index (κ3) is 3.51. The van der Waals surface area contributed by atoms with Crippen molar-refractivity contribution in [3.05, 3.63) is 34.2 Å². The zero-order chi connectivity index (χ0) is 12.8. The molecule has 1 rings (SSSR count). The summed E-state index contributed by atoms with van der Waals surface area (Å²) in [5.74, 6) is -0.423. The highest BCUT2D eigenvalue weighted by atomic mass is 16.6. The van der Waals surface area contributed by atoms with Crippen LogP contribution in [0.2, 0.25) is 0 Å². The van der Waals surface area contributed by atoms with Crippen LogP contribution in [0, 0.1) is 10.1 Å². The van der Waals surface area contributed by atoms with E-state index < -0.39 is 10.7 Å². The molecule has 0 saturated heterocycles. The molecule has 0 atom stereocenters. The van der Waals surface area contributed by atoms with Gasteiger partial charge in [-0.15, -0.1) is 0 Å². The third-order valence-corrected chi connectivity index (χ3v) is 2.23. The van der Waals surface area contributed by atoms with Gasteiger partial charge in [0.25, 0.3) is 0 Å². The van der Waals surface area contributed by atoms with Gasteiger partial charge in [-0.3, -0.25) is 19.6 Å². The first kappa shape index (κ1) is 13.1. The quantitative estimate of drug-likeness (QED) is 0.250. The Hall–Kier alpha value is -1.98. The van der Waals surface area contributed by atoms with E-state index >= 15 is 0 Å². The Morgan fingerprint density at radius 1 is 1.65 bits per heavy atom. The van der Waals surface area contributed by atoms with E-state index in [-0.39, 0.29) is 11.4 Å². The highest BCUT2D eigenvalue weighted by molar-refractivity contribution is 6.05. The number of aromatic nitrogens is 2. The maximum atomic E-state index is 11.7. The fraction of sp³-hybridized carbons (Fsp3) is 0.455. The van der Waals surface area contributed by atoms with Crippen molar-refractivity contribution in [2.24, 2.45) is 7.05 Å². The fourth-order valence-corrected chi connectivity index (χ4v) is 1.38. The van der Waals surface area contributed by atoms with Gasteiger partial charge in [0.05, 0.1) is 4.92 Å². The smallest absolute Gasteiger partial charge is 0.287 e. The standard InChI is InChI=1S/C11H15N3O3/c1-3-4-5-6-7-10(15)11-9(14(16)17)8-13(2)12-11/h6-8H,3-5H2,1-2H3/b7-6+. The summed E-state index contributed by atoms with van der Waals surface area (Å²) in [7, 11) is 1.55. The van der Waals surface area contributed by atoms with Crippen LogP contribution in [-0.2, 0) is 7.05 Å². The first-order valence-corrected chi connectivity index (χ1v) is 5.45. The van der Waals surface area contributed by atoms with Gasteiger partial charge in [-0.1, -0.05) is 25.8 Å². The Balaban J connectivity index is 2.81. The van der Waals surface area contributed by atoms with E-state index in [0.717, 1.165) is 19.3 Å². The van der Waals surface area contributed by atoms with E-state index in [0.29, 0.717) is 0 Å². The summed E-state index contributed by atoms with van der Waals surface area (Å²) in [6.45, 7) is 2.05. The summed E-state index contributed by atoms with van der Waals surface area (Å²) in [6, 6.07) is 0. The molecule has 92 valence electrons. The summed E-state index contributed by atoms with van der Waals surface area (Å²) in [5.41, 5.74) is -0.358. The van der Waals surface area contributed by atoms with Crippen LogP contribution in [0.5, 0.6) is 0 Å². The largest absolute Gasteiger partial charge is 0.318 e. The number of nitrogens with zero attached hydrogens (tertiary/aromatic N) is 3. The number of hydrogen-bond donors (Lipinski definition) is 0. The van der Waals surface area contributed by atoms with Crippen LogP contribution in [0.4, 0.5) is 5.69 Å². The van der Waals surface area contributed by atoms with E-state index in [4.69, 9.17) is 0 Å². The van der Waals surface area contributed by atoms with Gasteiger partial charge in [-0.25, -0.2) is 0 Å². The Morgan fingerprint density at radius 2 is 2.35 bits per heavy atom. The molecule has 0 unspecified atom stereocenters. The zero-order valence-corrected chi connectivity index (χ0v) is 9.92. The molecular weight excluding hydrogens is 222 g/mol. The summed E-state index contributed by atoms with van der Waals surface area (Å²) in [5, 5.41) is 14.5. The lowest BCUT2D eigenvalue weighted by Crippen LogP contribution is -2.01. The van der Waals surface area contributed by atoms with Crippen molar-refractivity contribution in [3.63, 3.8) is 0 Å². The minimum absolute atomic E-state index is 0.106. The second kappa shape index (κ2) is 5.93. The predicted molar refractivity (Wildman–Crippen MR) is 62.9 cm³/mol. The minimum Gasteiger partial charge on any atom is -0.287 e. The maximum absolute atomic E-state index is 11.7.